The van der Waals surface area contributed by atoms with Gasteiger partial charge in [-0.25, -0.2) is 14.8 Å². The van der Waals surface area contributed by atoms with Gasteiger partial charge in [-0.1, -0.05) is 17.7 Å². The molecule has 192 valence electrons. The lowest BCUT2D eigenvalue weighted by Gasteiger charge is -2.20. The molecule has 1 aliphatic heterocycles. The molecule has 1 amide bonds. The van der Waals surface area contributed by atoms with E-state index in [1.165, 1.54) is 13.4 Å². The van der Waals surface area contributed by atoms with Gasteiger partial charge in [0.15, 0.2) is 0 Å². The van der Waals surface area contributed by atoms with Gasteiger partial charge in [-0.3, -0.25) is 4.79 Å². The van der Waals surface area contributed by atoms with Crippen LogP contribution in [-0.2, 0) is 9.53 Å². The second-order valence-electron chi connectivity index (χ2n) is 9.43. The Morgan fingerprint density at radius 1 is 1.11 bits per heavy atom. The van der Waals surface area contributed by atoms with Gasteiger partial charge in [0, 0.05) is 28.9 Å². The van der Waals surface area contributed by atoms with Crippen molar-refractivity contribution in [2.24, 2.45) is 0 Å². The Morgan fingerprint density at radius 2 is 1.92 bits per heavy atom. The monoisotopic (exact) mass is 521 g/mol. The Balaban J connectivity index is 1.54. The zero-order chi connectivity index (χ0) is 26.6. The smallest absolute Gasteiger partial charge is 0.333 e. The predicted molar refractivity (Wildman–Crippen MR) is 144 cm³/mol. The number of carbonyl (C=O) groups excluding carboxylic acids is 2. The molecule has 0 saturated carbocycles. The molecule has 0 saturated heterocycles. The fraction of sp³-hybridized carbons (Fsp3) is 0.259. The zero-order valence-electron chi connectivity index (χ0n) is 21.0. The van der Waals surface area contributed by atoms with Crippen LogP contribution in [0.15, 0.2) is 54.4 Å². The minimum Gasteiger partial charge on any atom is -0.466 e. The molecular weight excluding hydrogens is 494 g/mol. The molecule has 37 heavy (non-hydrogen) atoms. The number of carbonyl (C=O) groups is 2. The standard InChI is InChI=1S/C27H28ClN5O4/c1-27(2,3)33-25(34)16-6-5-7-19(12-16)37-22-9-8-18(14-21(22)28)32-24-20-13-17(26(35)36-4)10-11-29-23(20)30-15-31-24/h5-9,12-15H,10-11H2,1-4H3,(H,33,34)(H2,29,30,31,32). The number of halogens is 1. The van der Waals surface area contributed by atoms with Crippen molar-refractivity contribution < 1.29 is 19.1 Å². The van der Waals surface area contributed by atoms with Crippen LogP contribution >= 0.6 is 11.6 Å². The maximum atomic E-state index is 12.5. The summed E-state index contributed by atoms with van der Waals surface area (Å²) in [5.74, 6) is 1.44. The number of fused-ring (bicyclic) bond motifs is 1. The van der Waals surface area contributed by atoms with Crippen LogP contribution < -0.4 is 20.7 Å². The van der Waals surface area contributed by atoms with Crippen molar-refractivity contribution in [2.75, 3.05) is 24.3 Å². The quantitative estimate of drug-likeness (QED) is 0.361. The molecule has 0 spiro atoms. The topological polar surface area (TPSA) is 114 Å². The van der Waals surface area contributed by atoms with Crippen LogP contribution in [0.4, 0.5) is 17.3 Å². The summed E-state index contributed by atoms with van der Waals surface area (Å²) in [5, 5.41) is 9.73. The summed E-state index contributed by atoms with van der Waals surface area (Å²) < 4.78 is 10.8. The first kappa shape index (κ1) is 26.0. The van der Waals surface area contributed by atoms with Gasteiger partial charge in [0.2, 0.25) is 0 Å². The van der Waals surface area contributed by atoms with Crippen molar-refractivity contribution >= 4 is 46.9 Å². The predicted octanol–water partition coefficient (Wildman–Crippen LogP) is 5.57. The number of benzene rings is 2. The van der Waals surface area contributed by atoms with Gasteiger partial charge in [0.25, 0.3) is 5.91 Å². The number of aromatic nitrogens is 2. The lowest BCUT2D eigenvalue weighted by atomic mass is 10.1. The number of rotatable bonds is 6. The molecular formula is C27H28ClN5O4. The molecule has 2 heterocycles. The number of esters is 1. The number of nitrogens with zero attached hydrogens (tertiary/aromatic N) is 2. The average molecular weight is 522 g/mol. The summed E-state index contributed by atoms with van der Waals surface area (Å²) in [6.45, 7) is 6.31. The van der Waals surface area contributed by atoms with E-state index in [0.29, 0.717) is 63.5 Å². The van der Waals surface area contributed by atoms with E-state index < -0.39 is 5.97 Å². The van der Waals surface area contributed by atoms with Gasteiger partial charge in [-0.15, -0.1) is 0 Å². The third-order valence-corrected chi connectivity index (χ3v) is 5.64. The van der Waals surface area contributed by atoms with Gasteiger partial charge in [-0.2, -0.15) is 0 Å². The van der Waals surface area contributed by atoms with E-state index in [2.05, 4.69) is 25.9 Å². The fourth-order valence-corrected chi connectivity index (χ4v) is 3.88. The van der Waals surface area contributed by atoms with Gasteiger partial charge in [0.1, 0.15) is 29.5 Å². The van der Waals surface area contributed by atoms with Gasteiger partial charge in [-0.05, 0) is 69.7 Å². The van der Waals surface area contributed by atoms with E-state index in [0.717, 1.165) is 0 Å². The molecule has 0 fully saturated rings. The van der Waals surface area contributed by atoms with E-state index in [9.17, 15) is 9.59 Å². The van der Waals surface area contributed by atoms with Crippen molar-refractivity contribution in [1.82, 2.24) is 15.3 Å². The van der Waals surface area contributed by atoms with Crippen molar-refractivity contribution in [3.63, 3.8) is 0 Å². The van der Waals surface area contributed by atoms with Gasteiger partial charge in [0.05, 0.1) is 17.7 Å². The van der Waals surface area contributed by atoms with Crippen LogP contribution in [0.5, 0.6) is 11.5 Å². The highest BCUT2D eigenvalue weighted by Crippen LogP contribution is 2.34. The van der Waals surface area contributed by atoms with Crippen LogP contribution in [0.3, 0.4) is 0 Å². The molecule has 9 nitrogen and oxygen atoms in total. The van der Waals surface area contributed by atoms with Gasteiger partial charge < -0.3 is 25.4 Å². The molecule has 0 radical (unpaired) electrons. The third kappa shape index (κ3) is 6.56. The van der Waals surface area contributed by atoms with Crippen LogP contribution in [0.25, 0.3) is 6.08 Å². The molecule has 2 aromatic carbocycles. The van der Waals surface area contributed by atoms with Crippen LogP contribution in [-0.4, -0.2) is 41.0 Å². The number of hydrogen-bond acceptors (Lipinski definition) is 8. The highest BCUT2D eigenvalue weighted by Gasteiger charge is 2.19. The van der Waals surface area contributed by atoms with E-state index in [1.54, 1.807) is 48.5 Å². The first-order valence-corrected chi connectivity index (χ1v) is 12.1. The summed E-state index contributed by atoms with van der Waals surface area (Å²) in [4.78, 5) is 33.3. The Morgan fingerprint density at radius 3 is 2.65 bits per heavy atom. The first-order valence-electron chi connectivity index (χ1n) is 11.7. The normalized spacial score (nSPS) is 12.8. The molecule has 0 bridgehead atoms. The maximum Gasteiger partial charge on any atom is 0.333 e. The maximum absolute atomic E-state index is 12.5. The second kappa shape index (κ2) is 10.9. The largest absolute Gasteiger partial charge is 0.466 e. The summed E-state index contributed by atoms with van der Waals surface area (Å²) in [5.41, 5.74) is 1.96. The van der Waals surface area contributed by atoms with E-state index in [1.807, 2.05) is 20.8 Å². The number of methoxy groups -OCH3 is 1. The van der Waals surface area contributed by atoms with Crippen molar-refractivity contribution in [3.05, 3.63) is 70.5 Å². The van der Waals surface area contributed by atoms with Gasteiger partial charge >= 0.3 is 5.97 Å². The minimum atomic E-state index is -0.394. The lowest BCUT2D eigenvalue weighted by Crippen LogP contribution is -2.40. The second-order valence-corrected chi connectivity index (χ2v) is 9.83. The van der Waals surface area contributed by atoms with Crippen LogP contribution in [0, 0.1) is 0 Å². The number of hydrogen-bond donors (Lipinski definition) is 3. The SMILES string of the molecule is COC(=O)C1=Cc2c(ncnc2Nc2ccc(Oc3cccc(C(=O)NC(C)(C)C)c3)c(Cl)c2)NCC1. The summed E-state index contributed by atoms with van der Waals surface area (Å²) in [7, 11) is 1.35. The fourth-order valence-electron chi connectivity index (χ4n) is 3.67. The average Bonchev–Trinajstić information content (AvgIpc) is 3.08. The molecule has 3 N–H and O–H groups in total. The van der Waals surface area contributed by atoms with Crippen LogP contribution in [0.1, 0.15) is 43.1 Å². The highest BCUT2D eigenvalue weighted by atomic mass is 35.5. The molecule has 0 aliphatic carbocycles. The molecule has 1 aromatic heterocycles. The lowest BCUT2D eigenvalue weighted by molar-refractivity contribution is -0.136. The molecule has 1 aliphatic rings. The van der Waals surface area contributed by atoms with Crippen LogP contribution in [0.2, 0.25) is 5.02 Å². The number of amides is 1. The summed E-state index contributed by atoms with van der Waals surface area (Å²) in [6.07, 6.45) is 3.66. The van der Waals surface area contributed by atoms with Crippen molar-refractivity contribution in [2.45, 2.75) is 32.7 Å². The number of anilines is 3. The molecule has 0 unspecified atom stereocenters. The number of nitrogens with one attached hydrogen (secondary N) is 3. The molecule has 4 rings (SSSR count). The van der Waals surface area contributed by atoms with E-state index >= 15 is 0 Å². The minimum absolute atomic E-state index is 0.188. The first-order chi connectivity index (χ1) is 17.6. The Labute approximate surface area is 220 Å². The molecule has 10 heteroatoms. The number of ether oxygens (including phenoxy) is 2. The summed E-state index contributed by atoms with van der Waals surface area (Å²) >= 11 is 6.53. The summed E-state index contributed by atoms with van der Waals surface area (Å²) in [6, 6.07) is 12.1. The Hall–Kier alpha value is -4.11. The zero-order valence-corrected chi connectivity index (χ0v) is 21.8. The Kier molecular flexibility index (Phi) is 7.63. The van der Waals surface area contributed by atoms with E-state index in [-0.39, 0.29) is 11.4 Å². The van der Waals surface area contributed by atoms with Crippen molar-refractivity contribution in [1.29, 1.82) is 0 Å². The highest BCUT2D eigenvalue weighted by molar-refractivity contribution is 6.32. The third-order valence-electron chi connectivity index (χ3n) is 5.34. The Bertz CT molecular complexity index is 1370. The van der Waals surface area contributed by atoms with E-state index in [4.69, 9.17) is 21.1 Å². The van der Waals surface area contributed by atoms with Crippen molar-refractivity contribution in [3.8, 4) is 11.5 Å². The molecule has 3 aromatic rings. The molecule has 0 atom stereocenters.